The molecule has 1 aromatic carbocycles. The molecule has 1 saturated carbocycles. The van der Waals surface area contributed by atoms with Crippen LogP contribution in [0.5, 0.6) is 0 Å². The summed E-state index contributed by atoms with van der Waals surface area (Å²) in [7, 11) is 0. The van der Waals surface area contributed by atoms with Crippen LogP contribution in [0, 0.1) is 0 Å². The fraction of sp³-hybridized carbons (Fsp3) is 0.519. The molecule has 1 aliphatic heterocycles. The molecule has 3 heterocycles. The summed E-state index contributed by atoms with van der Waals surface area (Å²) in [5, 5.41) is 14.6. The van der Waals surface area contributed by atoms with E-state index in [4.69, 9.17) is 16.6 Å². The number of likely N-dealkylation sites (tertiary alicyclic amines) is 1. The predicted molar refractivity (Wildman–Crippen MR) is 143 cm³/mol. The van der Waals surface area contributed by atoms with Crippen molar-refractivity contribution in [3.63, 3.8) is 0 Å². The summed E-state index contributed by atoms with van der Waals surface area (Å²) >= 11 is 6.47. The third-order valence-electron chi connectivity index (χ3n) is 7.59. The normalized spacial score (nSPS) is 17.7. The van der Waals surface area contributed by atoms with Gasteiger partial charge in [0, 0.05) is 54.4 Å². The van der Waals surface area contributed by atoms with Crippen molar-refractivity contribution in [1.29, 1.82) is 0 Å². The molecule has 0 radical (unpaired) electrons. The van der Waals surface area contributed by atoms with Gasteiger partial charge in [0.1, 0.15) is 0 Å². The van der Waals surface area contributed by atoms with Crippen molar-refractivity contribution in [3.8, 4) is 11.3 Å². The number of fused-ring (bicyclic) bond motifs is 1. The second kappa shape index (κ2) is 11.6. The molecule has 1 amide bonds. The first kappa shape index (κ1) is 25.0. The monoisotopic (exact) mass is 510 g/mol. The summed E-state index contributed by atoms with van der Waals surface area (Å²) in [6.45, 7) is 2.48. The van der Waals surface area contributed by atoms with Crippen LogP contribution in [0.4, 0.5) is 5.95 Å². The Morgan fingerprint density at radius 3 is 2.72 bits per heavy atom. The highest BCUT2D eigenvalue weighted by Crippen LogP contribution is 2.32. The van der Waals surface area contributed by atoms with E-state index in [1.807, 2.05) is 29.3 Å². The van der Waals surface area contributed by atoms with Crippen LogP contribution in [-0.4, -0.2) is 80.6 Å². The van der Waals surface area contributed by atoms with E-state index in [2.05, 4.69) is 26.3 Å². The van der Waals surface area contributed by atoms with E-state index in [0.29, 0.717) is 48.9 Å². The van der Waals surface area contributed by atoms with Crippen LogP contribution < -0.4 is 5.32 Å². The third kappa shape index (κ3) is 5.66. The van der Waals surface area contributed by atoms with Crippen molar-refractivity contribution in [2.24, 2.45) is 0 Å². The molecule has 36 heavy (non-hydrogen) atoms. The number of piperidine rings is 1. The Morgan fingerprint density at radius 2 is 1.94 bits per heavy atom. The zero-order valence-electron chi connectivity index (χ0n) is 20.6. The molecule has 192 valence electrons. The quantitative estimate of drug-likeness (QED) is 0.418. The van der Waals surface area contributed by atoms with Crippen molar-refractivity contribution in [2.45, 2.75) is 57.0 Å². The number of anilines is 1. The Kier molecular flexibility index (Phi) is 8.04. The number of carbonyl (C=O) groups excluding carboxylic acids is 1. The number of rotatable bonds is 8. The minimum absolute atomic E-state index is 0.0946. The highest BCUT2D eigenvalue weighted by molar-refractivity contribution is 6.33. The summed E-state index contributed by atoms with van der Waals surface area (Å²) in [5.41, 5.74) is 2.69. The molecule has 1 aliphatic carbocycles. The smallest absolute Gasteiger partial charge is 0.236 e. The first-order chi connectivity index (χ1) is 17.6. The summed E-state index contributed by atoms with van der Waals surface area (Å²) in [6, 6.07) is 8.69. The van der Waals surface area contributed by atoms with Crippen LogP contribution >= 0.6 is 11.6 Å². The first-order valence-electron chi connectivity index (χ1n) is 13.1. The number of nitrogens with one attached hydrogen (secondary N) is 2. The third-order valence-corrected chi connectivity index (χ3v) is 7.86. The number of carbonyl (C=O) groups is 1. The van der Waals surface area contributed by atoms with Crippen LogP contribution in [0.1, 0.15) is 44.9 Å². The van der Waals surface area contributed by atoms with Gasteiger partial charge in [-0.2, -0.15) is 0 Å². The standard InChI is InChI=1S/C27H35ClN6O2/c28-23-17-30-27(32-26(23)22-16-29-24-9-5-4-8-21(22)24)31-19-10-12-33(13-11-19)25(36)18-34(14-15-35)20-6-2-1-3-7-20/h4-5,8-9,16-17,19-20,29,35H,1-3,6-7,10-15,18H2,(H,30,31,32). The fourth-order valence-corrected chi connectivity index (χ4v) is 5.78. The van der Waals surface area contributed by atoms with Gasteiger partial charge in [0.05, 0.1) is 30.1 Å². The average Bonchev–Trinajstić information content (AvgIpc) is 3.34. The Hall–Kier alpha value is -2.68. The van der Waals surface area contributed by atoms with Gasteiger partial charge in [-0.1, -0.05) is 49.1 Å². The van der Waals surface area contributed by atoms with Gasteiger partial charge in [-0.05, 0) is 31.7 Å². The molecule has 3 N–H and O–H groups in total. The molecule has 2 fully saturated rings. The molecule has 9 heteroatoms. The molecule has 0 bridgehead atoms. The lowest BCUT2D eigenvalue weighted by atomic mass is 9.94. The van der Waals surface area contributed by atoms with Gasteiger partial charge in [-0.25, -0.2) is 9.97 Å². The minimum Gasteiger partial charge on any atom is -0.395 e. The van der Waals surface area contributed by atoms with Gasteiger partial charge in [-0.3, -0.25) is 9.69 Å². The van der Waals surface area contributed by atoms with Gasteiger partial charge >= 0.3 is 0 Å². The predicted octanol–water partition coefficient (Wildman–Crippen LogP) is 4.31. The Balaban J connectivity index is 1.18. The van der Waals surface area contributed by atoms with Crippen molar-refractivity contribution in [2.75, 3.05) is 38.1 Å². The van der Waals surface area contributed by atoms with Gasteiger partial charge < -0.3 is 20.3 Å². The number of aromatic nitrogens is 3. The molecule has 0 atom stereocenters. The molecule has 0 unspecified atom stereocenters. The summed E-state index contributed by atoms with van der Waals surface area (Å²) in [4.78, 5) is 29.6. The van der Waals surface area contributed by atoms with E-state index in [1.54, 1.807) is 6.20 Å². The average molecular weight is 511 g/mol. The number of aliphatic hydroxyl groups is 1. The maximum Gasteiger partial charge on any atom is 0.236 e. The second-order valence-corrected chi connectivity index (χ2v) is 10.3. The topological polar surface area (TPSA) is 97.4 Å². The lowest BCUT2D eigenvalue weighted by Crippen LogP contribution is -2.49. The van der Waals surface area contributed by atoms with Gasteiger partial charge in [0.25, 0.3) is 0 Å². The van der Waals surface area contributed by atoms with Crippen LogP contribution in [0.25, 0.3) is 22.2 Å². The van der Waals surface area contributed by atoms with Crippen LogP contribution in [0.2, 0.25) is 5.02 Å². The van der Waals surface area contributed by atoms with E-state index in [9.17, 15) is 9.90 Å². The number of nitrogens with zero attached hydrogens (tertiary/aromatic N) is 4. The second-order valence-electron chi connectivity index (χ2n) is 9.92. The van der Waals surface area contributed by atoms with E-state index < -0.39 is 0 Å². The number of aliphatic hydroxyl groups excluding tert-OH is 1. The number of H-pyrrole nitrogens is 1. The summed E-state index contributed by atoms with van der Waals surface area (Å²) in [6.07, 6.45) is 11.2. The van der Waals surface area contributed by atoms with Crippen LogP contribution in [0.15, 0.2) is 36.7 Å². The maximum atomic E-state index is 13.1. The number of para-hydroxylation sites is 1. The SMILES string of the molecule is O=C(CN(CCO)C1CCCCC1)N1CCC(Nc2ncc(Cl)c(-c3c[nH]c4ccccc34)n2)CC1. The molecular formula is C27H35ClN6O2. The minimum atomic E-state index is 0.0946. The lowest BCUT2D eigenvalue weighted by Gasteiger charge is -2.37. The molecule has 0 spiro atoms. The van der Waals surface area contributed by atoms with Gasteiger partial charge in [0.2, 0.25) is 11.9 Å². The van der Waals surface area contributed by atoms with Gasteiger partial charge in [0.15, 0.2) is 0 Å². The van der Waals surface area contributed by atoms with E-state index in [1.165, 1.54) is 19.3 Å². The van der Waals surface area contributed by atoms with Gasteiger partial charge in [-0.15, -0.1) is 0 Å². The number of hydrogen-bond acceptors (Lipinski definition) is 6. The number of benzene rings is 1. The molecule has 2 aromatic heterocycles. The van der Waals surface area contributed by atoms with E-state index >= 15 is 0 Å². The summed E-state index contributed by atoms with van der Waals surface area (Å²) in [5.74, 6) is 0.715. The van der Waals surface area contributed by atoms with Crippen molar-refractivity contribution >= 4 is 34.4 Å². The molecule has 5 rings (SSSR count). The van der Waals surface area contributed by atoms with E-state index in [-0.39, 0.29) is 18.6 Å². The Morgan fingerprint density at radius 1 is 1.17 bits per heavy atom. The number of hydrogen-bond donors (Lipinski definition) is 3. The lowest BCUT2D eigenvalue weighted by molar-refractivity contribution is -0.134. The zero-order valence-corrected chi connectivity index (χ0v) is 21.4. The highest BCUT2D eigenvalue weighted by Gasteiger charge is 2.28. The Labute approximate surface area is 217 Å². The maximum absolute atomic E-state index is 13.1. The fourth-order valence-electron chi connectivity index (χ4n) is 5.59. The molecule has 2 aliphatic rings. The largest absolute Gasteiger partial charge is 0.395 e. The van der Waals surface area contributed by atoms with Crippen molar-refractivity contribution < 1.29 is 9.90 Å². The van der Waals surface area contributed by atoms with Crippen LogP contribution in [0.3, 0.4) is 0 Å². The molecule has 1 saturated heterocycles. The van der Waals surface area contributed by atoms with Crippen molar-refractivity contribution in [3.05, 3.63) is 41.7 Å². The first-order valence-corrected chi connectivity index (χ1v) is 13.5. The number of amides is 1. The molecule has 8 nitrogen and oxygen atoms in total. The van der Waals surface area contributed by atoms with Crippen molar-refractivity contribution in [1.82, 2.24) is 24.8 Å². The number of halogens is 1. The highest BCUT2D eigenvalue weighted by atomic mass is 35.5. The summed E-state index contributed by atoms with van der Waals surface area (Å²) < 4.78 is 0. The number of aromatic amines is 1. The molecular weight excluding hydrogens is 476 g/mol. The Bertz CT molecular complexity index is 1170. The van der Waals surface area contributed by atoms with E-state index in [0.717, 1.165) is 42.1 Å². The van der Waals surface area contributed by atoms with Crippen LogP contribution in [-0.2, 0) is 4.79 Å². The zero-order chi connectivity index (χ0) is 24.9. The molecule has 3 aromatic rings.